The molecular formula is C25H26N2O5. The Labute approximate surface area is 186 Å². The minimum atomic E-state index is -0.519. The summed E-state index contributed by atoms with van der Waals surface area (Å²) in [5.74, 6) is -0.276. The summed E-state index contributed by atoms with van der Waals surface area (Å²) in [5.41, 5.74) is 2.72. The van der Waals surface area contributed by atoms with Crippen LogP contribution < -0.4 is 9.64 Å². The van der Waals surface area contributed by atoms with Gasteiger partial charge in [0.2, 0.25) is 5.91 Å². The number of Topliss-reactive ketones (excluding diaryl/α,β-unsaturated/α-hetero) is 1. The summed E-state index contributed by atoms with van der Waals surface area (Å²) < 4.78 is 5.15. The average Bonchev–Trinajstić information content (AvgIpc) is 2.72. The fourth-order valence-electron chi connectivity index (χ4n) is 4.90. The van der Waals surface area contributed by atoms with Crippen molar-refractivity contribution in [3.8, 4) is 5.75 Å². The lowest BCUT2D eigenvalue weighted by Gasteiger charge is -2.43. The van der Waals surface area contributed by atoms with Crippen molar-refractivity contribution in [2.45, 2.75) is 46.0 Å². The number of nitro benzene ring substituents is 1. The normalized spacial score (nSPS) is 20.2. The predicted octanol–water partition coefficient (Wildman–Crippen LogP) is 5.08. The second kappa shape index (κ2) is 7.89. The fourth-order valence-corrected chi connectivity index (χ4v) is 4.90. The van der Waals surface area contributed by atoms with Crippen LogP contribution in [0.5, 0.6) is 5.75 Å². The van der Waals surface area contributed by atoms with E-state index in [-0.39, 0.29) is 40.8 Å². The number of hydrogen-bond donors (Lipinski definition) is 0. The van der Waals surface area contributed by atoms with E-state index in [4.69, 9.17) is 4.74 Å². The Bertz CT molecular complexity index is 1160. The van der Waals surface area contributed by atoms with Crippen molar-refractivity contribution in [1.29, 1.82) is 0 Å². The van der Waals surface area contributed by atoms with Crippen LogP contribution in [0.15, 0.2) is 53.7 Å². The van der Waals surface area contributed by atoms with E-state index in [1.807, 2.05) is 45.0 Å². The van der Waals surface area contributed by atoms with Crippen LogP contribution in [0.1, 0.15) is 50.2 Å². The Balaban J connectivity index is 1.96. The molecule has 0 spiro atoms. The highest BCUT2D eigenvalue weighted by Gasteiger charge is 2.45. The van der Waals surface area contributed by atoms with Crippen LogP contribution in [-0.4, -0.2) is 23.7 Å². The second-order valence-corrected chi connectivity index (χ2v) is 9.26. The molecule has 166 valence electrons. The van der Waals surface area contributed by atoms with Crippen LogP contribution in [0.25, 0.3) is 0 Å². The van der Waals surface area contributed by atoms with Gasteiger partial charge >= 0.3 is 0 Å². The van der Waals surface area contributed by atoms with Crippen molar-refractivity contribution in [2.24, 2.45) is 5.41 Å². The predicted molar refractivity (Wildman–Crippen MR) is 121 cm³/mol. The van der Waals surface area contributed by atoms with E-state index in [2.05, 4.69) is 0 Å². The van der Waals surface area contributed by atoms with Crippen LogP contribution in [0.4, 0.5) is 11.4 Å². The monoisotopic (exact) mass is 434 g/mol. The van der Waals surface area contributed by atoms with E-state index in [0.29, 0.717) is 29.9 Å². The first-order valence-corrected chi connectivity index (χ1v) is 10.6. The van der Waals surface area contributed by atoms with Crippen LogP contribution in [-0.2, 0) is 9.59 Å². The molecule has 7 heteroatoms. The van der Waals surface area contributed by atoms with E-state index in [9.17, 15) is 19.7 Å². The smallest absolute Gasteiger partial charge is 0.297 e. The molecule has 1 unspecified atom stereocenters. The summed E-state index contributed by atoms with van der Waals surface area (Å²) in [4.78, 5) is 39.6. The fraction of sp³-hybridized carbons (Fsp3) is 0.360. The van der Waals surface area contributed by atoms with Gasteiger partial charge in [0.1, 0.15) is 11.4 Å². The van der Waals surface area contributed by atoms with Crippen LogP contribution >= 0.6 is 0 Å². The molecule has 0 saturated heterocycles. The minimum Gasteiger partial charge on any atom is -0.496 e. The molecule has 1 aliphatic heterocycles. The lowest BCUT2D eigenvalue weighted by atomic mass is 9.69. The SMILES string of the molecule is COc1ccc(N2C(=O)CC(c3ccccc3C)C3=C2CC(C)(C)CC3=O)c([N+](=O)[O-])c1. The highest BCUT2D eigenvalue weighted by molar-refractivity contribution is 6.08. The molecule has 0 radical (unpaired) electrons. The number of methoxy groups -OCH3 is 1. The third kappa shape index (κ3) is 3.68. The van der Waals surface area contributed by atoms with Crippen LogP contribution in [0, 0.1) is 22.5 Å². The summed E-state index contributed by atoms with van der Waals surface area (Å²) in [6, 6.07) is 12.2. The number of ether oxygens (including phenoxy) is 1. The summed E-state index contributed by atoms with van der Waals surface area (Å²) in [5, 5.41) is 11.9. The number of amides is 1. The number of carbonyl (C=O) groups is 2. The topological polar surface area (TPSA) is 89.8 Å². The van der Waals surface area contributed by atoms with Gasteiger partial charge in [-0.15, -0.1) is 0 Å². The molecule has 1 aliphatic carbocycles. The van der Waals surface area contributed by atoms with Gasteiger partial charge in [0, 0.05) is 30.0 Å². The standard InChI is InChI=1S/C25H26N2O5/c1-15-7-5-6-8-17(15)18-12-23(29)26(21-13-25(2,3)14-22(28)24(18)21)19-10-9-16(32-4)11-20(19)27(30)31/h5-11,18H,12-14H2,1-4H3. The van der Waals surface area contributed by atoms with E-state index in [1.165, 1.54) is 24.1 Å². The summed E-state index contributed by atoms with van der Waals surface area (Å²) >= 11 is 0. The largest absolute Gasteiger partial charge is 0.496 e. The Kier molecular flexibility index (Phi) is 5.36. The molecule has 7 nitrogen and oxygen atoms in total. The number of nitrogens with zero attached hydrogens (tertiary/aromatic N) is 2. The van der Waals surface area contributed by atoms with Crippen molar-refractivity contribution < 1.29 is 19.2 Å². The summed E-state index contributed by atoms with van der Waals surface area (Å²) in [6.45, 7) is 5.94. The van der Waals surface area contributed by atoms with Crippen LogP contribution in [0.3, 0.4) is 0 Å². The molecule has 1 atom stereocenters. The molecule has 2 aliphatic rings. The zero-order chi connectivity index (χ0) is 23.2. The number of rotatable bonds is 4. The van der Waals surface area contributed by atoms with E-state index in [0.717, 1.165) is 11.1 Å². The summed E-state index contributed by atoms with van der Waals surface area (Å²) in [6.07, 6.45) is 0.936. The van der Waals surface area contributed by atoms with Gasteiger partial charge < -0.3 is 4.74 Å². The number of benzene rings is 2. The Hall–Kier alpha value is -3.48. The molecule has 2 aromatic carbocycles. The molecule has 1 heterocycles. The van der Waals surface area contributed by atoms with Crippen LogP contribution in [0.2, 0.25) is 0 Å². The number of carbonyl (C=O) groups excluding carboxylic acids is 2. The zero-order valence-electron chi connectivity index (χ0n) is 18.7. The molecular weight excluding hydrogens is 408 g/mol. The van der Waals surface area contributed by atoms with Gasteiger partial charge in [-0.25, -0.2) is 0 Å². The lowest BCUT2D eigenvalue weighted by molar-refractivity contribution is -0.384. The van der Waals surface area contributed by atoms with Gasteiger partial charge in [0.15, 0.2) is 5.78 Å². The van der Waals surface area contributed by atoms with E-state index >= 15 is 0 Å². The Morgan fingerprint density at radius 3 is 2.50 bits per heavy atom. The van der Waals surface area contributed by atoms with Gasteiger partial charge in [0.05, 0.1) is 18.1 Å². The first kappa shape index (κ1) is 21.7. The maximum absolute atomic E-state index is 13.5. The van der Waals surface area contributed by atoms with Crippen molar-refractivity contribution in [3.05, 3.63) is 75.0 Å². The first-order chi connectivity index (χ1) is 15.1. The summed E-state index contributed by atoms with van der Waals surface area (Å²) in [7, 11) is 1.43. The first-order valence-electron chi connectivity index (χ1n) is 10.6. The molecule has 1 amide bonds. The van der Waals surface area contributed by atoms with E-state index < -0.39 is 4.92 Å². The number of anilines is 1. The number of aryl methyl sites for hydroxylation is 1. The Morgan fingerprint density at radius 2 is 1.84 bits per heavy atom. The number of allylic oxidation sites excluding steroid dienone is 2. The highest BCUT2D eigenvalue weighted by atomic mass is 16.6. The molecule has 0 N–H and O–H groups in total. The molecule has 0 saturated carbocycles. The van der Waals surface area contributed by atoms with Gasteiger partial charge in [-0.3, -0.25) is 24.6 Å². The second-order valence-electron chi connectivity index (χ2n) is 9.26. The molecule has 0 aromatic heterocycles. The number of hydrogen-bond acceptors (Lipinski definition) is 5. The third-order valence-corrected chi connectivity index (χ3v) is 6.33. The maximum Gasteiger partial charge on any atom is 0.297 e. The molecule has 2 aromatic rings. The van der Waals surface area contributed by atoms with Gasteiger partial charge in [0.25, 0.3) is 5.69 Å². The molecule has 0 fully saturated rings. The van der Waals surface area contributed by atoms with Crippen molar-refractivity contribution in [3.63, 3.8) is 0 Å². The lowest BCUT2D eigenvalue weighted by Crippen LogP contribution is -2.44. The highest BCUT2D eigenvalue weighted by Crippen LogP contribution is 2.50. The minimum absolute atomic E-state index is 0.00170. The van der Waals surface area contributed by atoms with Gasteiger partial charge in [-0.2, -0.15) is 0 Å². The van der Waals surface area contributed by atoms with Crippen molar-refractivity contribution in [2.75, 3.05) is 12.0 Å². The van der Waals surface area contributed by atoms with Gasteiger partial charge in [-0.1, -0.05) is 38.1 Å². The number of ketones is 1. The Morgan fingerprint density at radius 1 is 1.12 bits per heavy atom. The quantitative estimate of drug-likeness (QED) is 0.495. The molecule has 4 rings (SSSR count). The van der Waals surface area contributed by atoms with Crippen molar-refractivity contribution in [1.82, 2.24) is 0 Å². The molecule has 32 heavy (non-hydrogen) atoms. The third-order valence-electron chi connectivity index (χ3n) is 6.33. The number of nitro groups is 1. The van der Waals surface area contributed by atoms with Gasteiger partial charge in [-0.05, 0) is 42.0 Å². The average molecular weight is 434 g/mol. The molecule has 0 bridgehead atoms. The van der Waals surface area contributed by atoms with E-state index in [1.54, 1.807) is 6.07 Å². The maximum atomic E-state index is 13.5. The van der Waals surface area contributed by atoms with Crippen molar-refractivity contribution >= 4 is 23.1 Å². The zero-order valence-corrected chi connectivity index (χ0v) is 18.7.